The number of ether oxygens (including phenoxy) is 1. The van der Waals surface area contributed by atoms with Gasteiger partial charge >= 0.3 is 0 Å². The van der Waals surface area contributed by atoms with Crippen LogP contribution in [0.4, 0.5) is 11.5 Å². The minimum Gasteiger partial charge on any atom is -0.399 e. The maximum absolute atomic E-state index is 5.88. The predicted octanol–water partition coefficient (Wildman–Crippen LogP) is 1.83. The Kier molecular flexibility index (Phi) is 2.78. The van der Waals surface area contributed by atoms with E-state index in [0.29, 0.717) is 6.61 Å². The van der Waals surface area contributed by atoms with Crippen molar-refractivity contribution in [3.8, 4) is 0 Å². The SMILES string of the molecule is CC1(C)CN(c2ncnc3ccc(N)cc23)CCO1. The molecule has 1 aromatic heterocycles. The summed E-state index contributed by atoms with van der Waals surface area (Å²) < 4.78 is 5.74. The molecule has 5 nitrogen and oxygen atoms in total. The molecule has 1 saturated heterocycles. The molecule has 1 aliphatic rings. The van der Waals surface area contributed by atoms with Crippen molar-refractivity contribution >= 4 is 22.4 Å². The van der Waals surface area contributed by atoms with E-state index in [-0.39, 0.29) is 5.60 Å². The smallest absolute Gasteiger partial charge is 0.140 e. The van der Waals surface area contributed by atoms with Gasteiger partial charge in [0.1, 0.15) is 12.1 Å². The Bertz CT molecular complexity index is 611. The molecule has 1 aliphatic heterocycles. The van der Waals surface area contributed by atoms with Gasteiger partial charge in [0.25, 0.3) is 0 Å². The maximum atomic E-state index is 5.88. The molecule has 0 saturated carbocycles. The van der Waals surface area contributed by atoms with Crippen molar-refractivity contribution in [1.82, 2.24) is 9.97 Å². The highest BCUT2D eigenvalue weighted by atomic mass is 16.5. The Hall–Kier alpha value is -1.88. The lowest BCUT2D eigenvalue weighted by Gasteiger charge is -2.39. The molecular formula is C14H18N4O. The Morgan fingerprint density at radius 1 is 1.32 bits per heavy atom. The number of hydrogen-bond donors (Lipinski definition) is 1. The molecule has 5 heteroatoms. The zero-order valence-electron chi connectivity index (χ0n) is 11.3. The van der Waals surface area contributed by atoms with Crippen LogP contribution in [0.1, 0.15) is 13.8 Å². The largest absolute Gasteiger partial charge is 0.399 e. The molecule has 0 aliphatic carbocycles. The lowest BCUT2D eigenvalue weighted by atomic mass is 10.1. The lowest BCUT2D eigenvalue weighted by molar-refractivity contribution is -0.0278. The van der Waals surface area contributed by atoms with E-state index >= 15 is 0 Å². The summed E-state index contributed by atoms with van der Waals surface area (Å²) in [4.78, 5) is 11.0. The molecule has 0 radical (unpaired) electrons. The van der Waals surface area contributed by atoms with Gasteiger partial charge in [0.15, 0.2) is 0 Å². The second-order valence-electron chi connectivity index (χ2n) is 5.50. The van der Waals surface area contributed by atoms with Crippen LogP contribution in [0.5, 0.6) is 0 Å². The van der Waals surface area contributed by atoms with Crippen LogP contribution in [-0.4, -0.2) is 35.3 Å². The van der Waals surface area contributed by atoms with Crippen molar-refractivity contribution in [1.29, 1.82) is 0 Å². The van der Waals surface area contributed by atoms with Crippen LogP contribution in [0.2, 0.25) is 0 Å². The molecule has 2 N–H and O–H groups in total. The first-order chi connectivity index (χ1) is 9.05. The van der Waals surface area contributed by atoms with Crippen LogP contribution in [0.3, 0.4) is 0 Å². The number of rotatable bonds is 1. The van der Waals surface area contributed by atoms with E-state index in [1.54, 1.807) is 6.33 Å². The van der Waals surface area contributed by atoms with Crippen LogP contribution in [0.25, 0.3) is 10.9 Å². The summed E-state index contributed by atoms with van der Waals surface area (Å²) in [5.41, 5.74) is 7.37. The first-order valence-corrected chi connectivity index (χ1v) is 6.44. The highest BCUT2D eigenvalue weighted by molar-refractivity contribution is 5.91. The van der Waals surface area contributed by atoms with Crippen LogP contribution in [0, 0.1) is 0 Å². The molecule has 1 aromatic carbocycles. The van der Waals surface area contributed by atoms with E-state index < -0.39 is 0 Å². The molecule has 3 rings (SSSR count). The summed E-state index contributed by atoms with van der Waals surface area (Å²) in [6, 6.07) is 5.73. The lowest BCUT2D eigenvalue weighted by Crippen LogP contribution is -2.48. The van der Waals surface area contributed by atoms with Gasteiger partial charge in [0.05, 0.1) is 17.7 Å². The summed E-state index contributed by atoms with van der Waals surface area (Å²) in [5, 5.41) is 1.00. The predicted molar refractivity (Wildman–Crippen MR) is 76.2 cm³/mol. The fourth-order valence-corrected chi connectivity index (χ4v) is 2.51. The van der Waals surface area contributed by atoms with Gasteiger partial charge < -0.3 is 15.4 Å². The summed E-state index contributed by atoms with van der Waals surface area (Å²) in [6.45, 7) is 6.55. The topological polar surface area (TPSA) is 64.3 Å². The molecule has 19 heavy (non-hydrogen) atoms. The van der Waals surface area contributed by atoms with E-state index in [9.17, 15) is 0 Å². The van der Waals surface area contributed by atoms with Crippen molar-refractivity contribution in [2.45, 2.75) is 19.4 Å². The highest BCUT2D eigenvalue weighted by Crippen LogP contribution is 2.28. The number of benzene rings is 1. The molecule has 0 atom stereocenters. The Morgan fingerprint density at radius 3 is 2.95 bits per heavy atom. The van der Waals surface area contributed by atoms with Gasteiger partial charge in [-0.3, -0.25) is 0 Å². The van der Waals surface area contributed by atoms with E-state index in [1.165, 1.54) is 0 Å². The molecule has 0 spiro atoms. The Labute approximate surface area is 112 Å². The molecule has 0 amide bonds. The van der Waals surface area contributed by atoms with Gasteiger partial charge in [0, 0.05) is 24.2 Å². The fraction of sp³-hybridized carbons (Fsp3) is 0.429. The number of aromatic nitrogens is 2. The normalized spacial score (nSPS) is 18.7. The van der Waals surface area contributed by atoms with Crippen molar-refractivity contribution in [2.75, 3.05) is 30.3 Å². The number of hydrogen-bond acceptors (Lipinski definition) is 5. The fourth-order valence-electron chi connectivity index (χ4n) is 2.51. The molecule has 0 bridgehead atoms. The molecule has 2 aromatic rings. The number of anilines is 2. The van der Waals surface area contributed by atoms with Crippen LogP contribution in [0.15, 0.2) is 24.5 Å². The van der Waals surface area contributed by atoms with E-state index in [4.69, 9.17) is 10.5 Å². The third-order valence-electron chi connectivity index (χ3n) is 3.36. The van der Waals surface area contributed by atoms with E-state index in [1.807, 2.05) is 18.2 Å². The summed E-state index contributed by atoms with van der Waals surface area (Å²) in [7, 11) is 0. The van der Waals surface area contributed by atoms with Crippen molar-refractivity contribution in [3.05, 3.63) is 24.5 Å². The number of nitrogen functional groups attached to an aromatic ring is 1. The molecular weight excluding hydrogens is 240 g/mol. The van der Waals surface area contributed by atoms with Crippen LogP contribution < -0.4 is 10.6 Å². The Morgan fingerprint density at radius 2 is 2.16 bits per heavy atom. The van der Waals surface area contributed by atoms with Crippen molar-refractivity contribution < 1.29 is 4.74 Å². The average molecular weight is 258 g/mol. The summed E-state index contributed by atoms with van der Waals surface area (Å²) in [5.74, 6) is 0.939. The second kappa shape index (κ2) is 4.35. The van der Waals surface area contributed by atoms with Gasteiger partial charge in [-0.2, -0.15) is 0 Å². The quantitative estimate of drug-likeness (QED) is 0.790. The van der Waals surface area contributed by atoms with Gasteiger partial charge in [-0.05, 0) is 32.0 Å². The van der Waals surface area contributed by atoms with Gasteiger partial charge in [-0.15, -0.1) is 0 Å². The van der Waals surface area contributed by atoms with Crippen LogP contribution in [-0.2, 0) is 4.74 Å². The minimum atomic E-state index is -0.157. The summed E-state index contributed by atoms with van der Waals surface area (Å²) >= 11 is 0. The van der Waals surface area contributed by atoms with E-state index in [0.717, 1.165) is 35.5 Å². The zero-order valence-corrected chi connectivity index (χ0v) is 11.3. The maximum Gasteiger partial charge on any atom is 0.140 e. The second-order valence-corrected chi connectivity index (χ2v) is 5.50. The molecule has 1 fully saturated rings. The standard InChI is InChI=1S/C14H18N4O/c1-14(2)8-18(5-6-19-14)13-11-7-10(15)3-4-12(11)16-9-17-13/h3-4,7,9H,5-6,8,15H2,1-2H3. The third-order valence-corrected chi connectivity index (χ3v) is 3.36. The first kappa shape index (κ1) is 12.2. The van der Waals surface area contributed by atoms with Crippen LogP contribution >= 0.6 is 0 Å². The summed E-state index contributed by atoms with van der Waals surface area (Å²) in [6.07, 6.45) is 1.61. The van der Waals surface area contributed by atoms with Gasteiger partial charge in [-0.1, -0.05) is 0 Å². The van der Waals surface area contributed by atoms with Crippen molar-refractivity contribution in [2.24, 2.45) is 0 Å². The monoisotopic (exact) mass is 258 g/mol. The van der Waals surface area contributed by atoms with Crippen molar-refractivity contribution in [3.63, 3.8) is 0 Å². The number of fused-ring (bicyclic) bond motifs is 1. The average Bonchev–Trinajstić information content (AvgIpc) is 2.36. The van der Waals surface area contributed by atoms with Gasteiger partial charge in [0.2, 0.25) is 0 Å². The first-order valence-electron chi connectivity index (χ1n) is 6.44. The zero-order chi connectivity index (χ0) is 13.5. The Balaban J connectivity index is 2.07. The van der Waals surface area contributed by atoms with E-state index in [2.05, 4.69) is 28.7 Å². The number of morpholine rings is 1. The third kappa shape index (κ3) is 2.33. The number of nitrogens with two attached hydrogens (primary N) is 1. The highest BCUT2D eigenvalue weighted by Gasteiger charge is 2.28. The molecule has 2 heterocycles. The van der Waals surface area contributed by atoms with Gasteiger partial charge in [-0.25, -0.2) is 9.97 Å². The minimum absolute atomic E-state index is 0.157. The molecule has 100 valence electrons. The molecule has 0 unspecified atom stereocenters. The number of nitrogens with zero attached hydrogens (tertiary/aromatic N) is 3.